The topological polar surface area (TPSA) is 26.3 Å². The van der Waals surface area contributed by atoms with E-state index >= 15 is 0 Å². The molecule has 0 atom stereocenters. The number of ether oxygens (including phenoxy) is 1. The maximum atomic E-state index is 13.9. The zero-order valence-corrected chi connectivity index (χ0v) is 11.9. The lowest BCUT2D eigenvalue weighted by Gasteiger charge is -2.13. The highest BCUT2D eigenvalue weighted by molar-refractivity contribution is 6.31. The van der Waals surface area contributed by atoms with Crippen molar-refractivity contribution >= 4 is 17.4 Å². The minimum absolute atomic E-state index is 0.0580. The van der Waals surface area contributed by atoms with E-state index in [0.29, 0.717) is 11.3 Å². The minimum Gasteiger partial charge on any atom is -0.490 e. The van der Waals surface area contributed by atoms with E-state index in [9.17, 15) is 9.18 Å². The first-order valence-corrected chi connectivity index (χ1v) is 6.63. The molecule has 0 aliphatic carbocycles. The fourth-order valence-corrected chi connectivity index (χ4v) is 2.01. The predicted molar refractivity (Wildman–Crippen MR) is 77.0 cm³/mol. The number of ketones is 1. The van der Waals surface area contributed by atoms with Crippen LogP contribution in [0.5, 0.6) is 5.75 Å². The highest BCUT2D eigenvalue weighted by atomic mass is 35.5. The maximum absolute atomic E-state index is 13.9. The largest absolute Gasteiger partial charge is 0.490 e. The van der Waals surface area contributed by atoms with Gasteiger partial charge in [0.2, 0.25) is 0 Å². The van der Waals surface area contributed by atoms with Gasteiger partial charge in [0.05, 0.1) is 22.3 Å². The van der Waals surface area contributed by atoms with Crippen LogP contribution < -0.4 is 4.74 Å². The summed E-state index contributed by atoms with van der Waals surface area (Å²) >= 11 is 5.71. The van der Waals surface area contributed by atoms with Gasteiger partial charge < -0.3 is 4.74 Å². The molecule has 0 aliphatic heterocycles. The third-order valence-corrected chi connectivity index (χ3v) is 2.98. The van der Waals surface area contributed by atoms with Gasteiger partial charge in [0.1, 0.15) is 5.75 Å². The molecule has 104 valence electrons. The molecular weight excluding hydrogens is 279 g/mol. The van der Waals surface area contributed by atoms with Crippen LogP contribution in [0.1, 0.15) is 29.8 Å². The number of carbonyl (C=O) groups is 1. The molecule has 0 amide bonds. The second kappa shape index (κ2) is 6.06. The highest BCUT2D eigenvalue weighted by Crippen LogP contribution is 2.26. The van der Waals surface area contributed by atoms with Gasteiger partial charge in [-0.2, -0.15) is 0 Å². The Balaban J connectivity index is 2.46. The highest BCUT2D eigenvalue weighted by Gasteiger charge is 2.19. The van der Waals surface area contributed by atoms with Crippen molar-refractivity contribution in [3.8, 4) is 5.75 Å². The minimum atomic E-state index is -0.710. The monoisotopic (exact) mass is 292 g/mol. The lowest BCUT2D eigenvalue weighted by atomic mass is 10.0. The van der Waals surface area contributed by atoms with Crippen molar-refractivity contribution in [1.29, 1.82) is 0 Å². The Hall–Kier alpha value is -1.87. The van der Waals surface area contributed by atoms with E-state index in [4.69, 9.17) is 16.3 Å². The van der Waals surface area contributed by atoms with Gasteiger partial charge in [-0.15, -0.1) is 0 Å². The van der Waals surface area contributed by atoms with E-state index in [1.165, 1.54) is 12.1 Å². The van der Waals surface area contributed by atoms with Crippen molar-refractivity contribution in [2.75, 3.05) is 0 Å². The summed E-state index contributed by atoms with van der Waals surface area (Å²) in [6, 6.07) is 11.1. The molecule has 0 radical (unpaired) electrons. The van der Waals surface area contributed by atoms with E-state index < -0.39 is 11.6 Å². The van der Waals surface area contributed by atoms with Gasteiger partial charge in [0, 0.05) is 0 Å². The number of carbonyl (C=O) groups excluding carboxylic acids is 1. The molecule has 0 unspecified atom stereocenters. The van der Waals surface area contributed by atoms with Crippen LogP contribution in [0.4, 0.5) is 4.39 Å². The summed E-state index contributed by atoms with van der Waals surface area (Å²) in [5, 5.41) is -0.0712. The van der Waals surface area contributed by atoms with E-state index in [1.54, 1.807) is 30.3 Å². The van der Waals surface area contributed by atoms with E-state index in [-0.39, 0.29) is 16.7 Å². The Kier molecular flexibility index (Phi) is 4.40. The van der Waals surface area contributed by atoms with Crippen LogP contribution in [0.15, 0.2) is 42.5 Å². The van der Waals surface area contributed by atoms with Crippen LogP contribution in [0.2, 0.25) is 5.02 Å². The van der Waals surface area contributed by atoms with Crippen LogP contribution >= 0.6 is 11.6 Å². The van der Waals surface area contributed by atoms with Crippen LogP contribution in [0, 0.1) is 5.82 Å². The molecule has 0 fully saturated rings. The number of para-hydroxylation sites is 1. The Morgan fingerprint density at radius 3 is 2.45 bits per heavy atom. The van der Waals surface area contributed by atoms with Gasteiger partial charge in [0.25, 0.3) is 0 Å². The molecule has 0 aliphatic rings. The summed E-state index contributed by atoms with van der Waals surface area (Å²) in [6.45, 7) is 3.72. The summed E-state index contributed by atoms with van der Waals surface area (Å²) in [6.07, 6.45) is -0.0758. The fourth-order valence-electron chi connectivity index (χ4n) is 1.84. The Bertz CT molecular complexity index is 638. The average Bonchev–Trinajstić information content (AvgIpc) is 2.41. The molecular formula is C16H14ClFO2. The van der Waals surface area contributed by atoms with Gasteiger partial charge >= 0.3 is 0 Å². The summed E-state index contributed by atoms with van der Waals surface area (Å²) < 4.78 is 19.5. The van der Waals surface area contributed by atoms with Crippen molar-refractivity contribution < 1.29 is 13.9 Å². The smallest absolute Gasteiger partial charge is 0.199 e. The quantitative estimate of drug-likeness (QED) is 0.776. The second-order valence-electron chi connectivity index (χ2n) is 4.59. The van der Waals surface area contributed by atoms with Gasteiger partial charge in [-0.1, -0.05) is 29.8 Å². The molecule has 0 bridgehead atoms. The van der Waals surface area contributed by atoms with Gasteiger partial charge in [-0.05, 0) is 38.1 Å². The van der Waals surface area contributed by atoms with Crippen molar-refractivity contribution in [3.63, 3.8) is 0 Å². The molecule has 0 N–H and O–H groups in total. The zero-order valence-electron chi connectivity index (χ0n) is 11.2. The first-order chi connectivity index (χ1) is 9.50. The molecule has 0 aromatic heterocycles. The lowest BCUT2D eigenvalue weighted by Crippen LogP contribution is -2.11. The molecule has 2 rings (SSSR count). The van der Waals surface area contributed by atoms with Gasteiger partial charge in [-0.3, -0.25) is 4.79 Å². The Morgan fingerprint density at radius 1 is 1.10 bits per heavy atom. The van der Waals surface area contributed by atoms with Crippen molar-refractivity contribution in [1.82, 2.24) is 0 Å². The number of halogens is 2. The van der Waals surface area contributed by atoms with Gasteiger partial charge in [0.15, 0.2) is 11.6 Å². The summed E-state index contributed by atoms with van der Waals surface area (Å²) in [4.78, 5) is 12.4. The van der Waals surface area contributed by atoms with Crippen LogP contribution in [-0.2, 0) is 0 Å². The predicted octanol–water partition coefficient (Wildman–Crippen LogP) is 4.50. The maximum Gasteiger partial charge on any atom is 0.199 e. The van der Waals surface area contributed by atoms with E-state index in [1.807, 2.05) is 13.8 Å². The van der Waals surface area contributed by atoms with Crippen LogP contribution in [0.25, 0.3) is 0 Å². The van der Waals surface area contributed by atoms with Crippen molar-refractivity contribution in [3.05, 3.63) is 64.4 Å². The molecule has 0 saturated heterocycles. The summed E-state index contributed by atoms with van der Waals surface area (Å²) in [7, 11) is 0. The molecule has 0 heterocycles. The normalized spacial score (nSPS) is 10.7. The van der Waals surface area contributed by atoms with Crippen LogP contribution in [0.3, 0.4) is 0 Å². The number of hydrogen-bond acceptors (Lipinski definition) is 2. The first-order valence-electron chi connectivity index (χ1n) is 6.25. The molecule has 2 aromatic carbocycles. The fraction of sp³-hybridized carbons (Fsp3) is 0.188. The molecule has 2 aromatic rings. The number of benzene rings is 2. The zero-order chi connectivity index (χ0) is 14.7. The standard InChI is InChI=1S/C16H14ClFO2/c1-10(2)20-14-9-4-3-6-11(14)16(19)12-7-5-8-13(17)15(12)18/h3-10H,1-2H3. The number of hydrogen-bond donors (Lipinski definition) is 0. The Labute approximate surface area is 122 Å². The SMILES string of the molecule is CC(C)Oc1ccccc1C(=O)c1cccc(Cl)c1F. The molecule has 2 nitrogen and oxygen atoms in total. The van der Waals surface area contributed by atoms with E-state index in [0.717, 1.165) is 0 Å². The summed E-state index contributed by atoms with van der Waals surface area (Å²) in [5.74, 6) is -0.716. The molecule has 20 heavy (non-hydrogen) atoms. The van der Waals surface area contributed by atoms with Crippen molar-refractivity contribution in [2.45, 2.75) is 20.0 Å². The third-order valence-electron chi connectivity index (χ3n) is 2.69. The van der Waals surface area contributed by atoms with E-state index in [2.05, 4.69) is 0 Å². The second-order valence-corrected chi connectivity index (χ2v) is 5.00. The van der Waals surface area contributed by atoms with Gasteiger partial charge in [-0.25, -0.2) is 4.39 Å². The Morgan fingerprint density at radius 2 is 1.75 bits per heavy atom. The van der Waals surface area contributed by atoms with Crippen LogP contribution in [-0.4, -0.2) is 11.9 Å². The lowest BCUT2D eigenvalue weighted by molar-refractivity contribution is 0.102. The molecule has 0 saturated carbocycles. The summed E-state index contributed by atoms with van der Waals surface area (Å²) in [5.41, 5.74) is 0.264. The average molecular weight is 293 g/mol. The molecule has 4 heteroatoms. The number of rotatable bonds is 4. The van der Waals surface area contributed by atoms with Crippen molar-refractivity contribution in [2.24, 2.45) is 0 Å². The molecule has 0 spiro atoms. The first kappa shape index (κ1) is 14.5. The third kappa shape index (κ3) is 2.99.